The molecular weight excluding hydrogens is 446 g/mol. The van der Waals surface area contributed by atoms with E-state index in [1.165, 1.54) is 11.8 Å². The number of thioether (sulfide) groups is 1. The second-order valence-electron chi connectivity index (χ2n) is 7.72. The fraction of sp³-hybridized carbons (Fsp3) is 0.154. The molecule has 2 aromatic carbocycles. The maximum absolute atomic E-state index is 12.5. The second-order valence-corrected chi connectivity index (χ2v) is 8.66. The van der Waals surface area contributed by atoms with E-state index in [-0.39, 0.29) is 11.7 Å². The maximum Gasteiger partial charge on any atom is 0.234 e. The Kier molecular flexibility index (Phi) is 7.72. The summed E-state index contributed by atoms with van der Waals surface area (Å²) in [5.74, 6) is 1.54. The lowest BCUT2D eigenvalue weighted by Gasteiger charge is -2.10. The van der Waals surface area contributed by atoms with E-state index in [1.54, 1.807) is 12.4 Å². The monoisotopic (exact) mass is 471 g/mol. The molecule has 0 aliphatic carbocycles. The molecule has 0 saturated heterocycles. The molecule has 4 rings (SSSR count). The molecule has 0 radical (unpaired) electrons. The number of rotatable bonds is 10. The van der Waals surface area contributed by atoms with E-state index in [0.29, 0.717) is 24.0 Å². The van der Waals surface area contributed by atoms with Crippen LogP contribution in [0.1, 0.15) is 12.5 Å². The van der Waals surface area contributed by atoms with Crippen molar-refractivity contribution in [2.24, 2.45) is 0 Å². The maximum atomic E-state index is 12.5. The predicted molar refractivity (Wildman–Crippen MR) is 135 cm³/mol. The first-order valence-electron chi connectivity index (χ1n) is 10.8. The van der Waals surface area contributed by atoms with E-state index < -0.39 is 0 Å². The van der Waals surface area contributed by atoms with Crippen molar-refractivity contribution in [2.45, 2.75) is 25.2 Å². The lowest BCUT2D eigenvalue weighted by molar-refractivity contribution is -0.113. The van der Waals surface area contributed by atoms with Gasteiger partial charge in [0.2, 0.25) is 5.91 Å². The van der Waals surface area contributed by atoms with Gasteiger partial charge in [-0.2, -0.15) is 0 Å². The average Bonchev–Trinajstić information content (AvgIpc) is 3.25. The van der Waals surface area contributed by atoms with Crippen molar-refractivity contribution in [2.75, 3.05) is 11.1 Å². The highest BCUT2D eigenvalue weighted by molar-refractivity contribution is 7.99. The molecule has 4 aromatic rings. The molecule has 0 aliphatic heterocycles. The highest BCUT2D eigenvalue weighted by Crippen LogP contribution is 2.25. The Bertz CT molecular complexity index is 1240. The number of aromatic nitrogens is 4. The van der Waals surface area contributed by atoms with Gasteiger partial charge in [-0.3, -0.25) is 14.3 Å². The molecule has 0 atom stereocenters. The molecule has 1 amide bonds. The van der Waals surface area contributed by atoms with Crippen LogP contribution in [0.5, 0.6) is 5.75 Å². The molecule has 0 spiro atoms. The van der Waals surface area contributed by atoms with Crippen molar-refractivity contribution in [1.29, 1.82) is 0 Å². The summed E-state index contributed by atoms with van der Waals surface area (Å²) >= 11 is 1.34. The van der Waals surface area contributed by atoms with Crippen LogP contribution in [0.15, 0.2) is 96.4 Å². The van der Waals surface area contributed by atoms with Crippen LogP contribution in [0.2, 0.25) is 0 Å². The Labute approximate surface area is 202 Å². The Hall–Kier alpha value is -3.91. The van der Waals surface area contributed by atoms with Gasteiger partial charge in [-0.1, -0.05) is 54.2 Å². The van der Waals surface area contributed by atoms with Crippen molar-refractivity contribution in [1.82, 2.24) is 19.7 Å². The number of amides is 1. The largest absolute Gasteiger partial charge is 0.489 e. The Balaban J connectivity index is 1.34. The van der Waals surface area contributed by atoms with E-state index >= 15 is 0 Å². The van der Waals surface area contributed by atoms with Gasteiger partial charge in [0.15, 0.2) is 11.0 Å². The number of ether oxygens (including phenoxy) is 1. The van der Waals surface area contributed by atoms with Gasteiger partial charge < -0.3 is 10.1 Å². The van der Waals surface area contributed by atoms with E-state index in [0.717, 1.165) is 28.3 Å². The minimum atomic E-state index is -0.127. The summed E-state index contributed by atoms with van der Waals surface area (Å²) in [6.07, 6.45) is 3.43. The van der Waals surface area contributed by atoms with Crippen molar-refractivity contribution >= 4 is 23.4 Å². The first kappa shape index (κ1) is 23.3. The van der Waals surface area contributed by atoms with Crippen LogP contribution in [-0.2, 0) is 17.9 Å². The molecule has 1 N–H and O–H groups in total. The summed E-state index contributed by atoms with van der Waals surface area (Å²) in [5.41, 5.74) is 3.69. The van der Waals surface area contributed by atoms with Crippen LogP contribution in [-0.4, -0.2) is 31.4 Å². The topological polar surface area (TPSA) is 81.9 Å². The first-order valence-corrected chi connectivity index (χ1v) is 11.7. The van der Waals surface area contributed by atoms with Gasteiger partial charge in [-0.25, -0.2) is 0 Å². The summed E-state index contributed by atoms with van der Waals surface area (Å²) in [6, 6.07) is 21.1. The molecule has 2 heterocycles. The summed E-state index contributed by atoms with van der Waals surface area (Å²) in [4.78, 5) is 16.6. The van der Waals surface area contributed by atoms with Crippen LogP contribution >= 0.6 is 11.8 Å². The van der Waals surface area contributed by atoms with Crippen LogP contribution in [0.4, 0.5) is 5.69 Å². The van der Waals surface area contributed by atoms with Gasteiger partial charge >= 0.3 is 0 Å². The number of pyridine rings is 1. The summed E-state index contributed by atoms with van der Waals surface area (Å²) in [6.45, 7) is 7.02. The van der Waals surface area contributed by atoms with Crippen molar-refractivity contribution in [3.8, 4) is 17.1 Å². The quantitative estimate of drug-likeness (QED) is 0.252. The lowest BCUT2D eigenvalue weighted by atomic mass is 10.2. The molecule has 0 unspecified atom stereocenters. The minimum Gasteiger partial charge on any atom is -0.489 e. The number of anilines is 1. The molecule has 2 aromatic heterocycles. The first-order chi connectivity index (χ1) is 16.6. The van der Waals surface area contributed by atoms with E-state index in [9.17, 15) is 4.79 Å². The molecule has 0 fully saturated rings. The average molecular weight is 472 g/mol. The van der Waals surface area contributed by atoms with Gasteiger partial charge in [0.25, 0.3) is 0 Å². The van der Waals surface area contributed by atoms with E-state index in [2.05, 4.69) is 27.1 Å². The molecule has 0 bridgehead atoms. The molecule has 34 heavy (non-hydrogen) atoms. The van der Waals surface area contributed by atoms with Gasteiger partial charge in [0.1, 0.15) is 12.4 Å². The van der Waals surface area contributed by atoms with Crippen LogP contribution in [0, 0.1) is 0 Å². The fourth-order valence-electron chi connectivity index (χ4n) is 3.23. The Morgan fingerprint density at radius 1 is 1.03 bits per heavy atom. The smallest absolute Gasteiger partial charge is 0.234 e. The SMILES string of the molecule is C=C(C)Cn1c(SCC(=O)Nc2ccc(OCc3ccccc3)cc2)nnc1-c1ccncc1. The number of carbonyl (C=O) groups is 1. The highest BCUT2D eigenvalue weighted by Gasteiger charge is 2.16. The summed E-state index contributed by atoms with van der Waals surface area (Å²) in [5, 5.41) is 12.2. The molecule has 0 aliphatic rings. The fourth-order valence-corrected chi connectivity index (χ4v) is 3.96. The third-order valence-electron chi connectivity index (χ3n) is 4.80. The zero-order valence-corrected chi connectivity index (χ0v) is 19.7. The number of allylic oxidation sites excluding steroid dienone is 1. The normalized spacial score (nSPS) is 10.6. The lowest BCUT2D eigenvalue weighted by Crippen LogP contribution is -2.14. The Morgan fingerprint density at radius 2 is 1.76 bits per heavy atom. The number of carbonyl (C=O) groups excluding carboxylic acids is 1. The van der Waals surface area contributed by atoms with Crippen molar-refractivity contribution in [3.63, 3.8) is 0 Å². The zero-order valence-electron chi connectivity index (χ0n) is 18.8. The number of hydrogen-bond donors (Lipinski definition) is 1. The molecule has 8 heteroatoms. The van der Waals surface area contributed by atoms with Crippen LogP contribution in [0.25, 0.3) is 11.4 Å². The number of nitrogens with zero attached hydrogens (tertiary/aromatic N) is 4. The van der Waals surface area contributed by atoms with Gasteiger partial charge in [-0.15, -0.1) is 10.2 Å². The van der Waals surface area contributed by atoms with Crippen LogP contribution in [0.3, 0.4) is 0 Å². The minimum absolute atomic E-state index is 0.127. The van der Waals surface area contributed by atoms with Crippen molar-refractivity contribution in [3.05, 3.63) is 96.8 Å². The van der Waals surface area contributed by atoms with E-state index in [1.807, 2.05) is 78.2 Å². The number of benzene rings is 2. The van der Waals surface area contributed by atoms with Gasteiger partial charge in [0.05, 0.1) is 5.75 Å². The Morgan fingerprint density at radius 3 is 2.47 bits per heavy atom. The van der Waals surface area contributed by atoms with Crippen LogP contribution < -0.4 is 10.1 Å². The second kappa shape index (κ2) is 11.3. The summed E-state index contributed by atoms with van der Waals surface area (Å²) in [7, 11) is 0. The molecular formula is C26H25N5O2S. The number of hydrogen-bond acceptors (Lipinski definition) is 6. The molecule has 172 valence electrons. The molecule has 0 saturated carbocycles. The zero-order chi connectivity index (χ0) is 23.8. The third-order valence-corrected chi connectivity index (χ3v) is 5.77. The van der Waals surface area contributed by atoms with Gasteiger partial charge in [0, 0.05) is 30.2 Å². The molecule has 7 nitrogen and oxygen atoms in total. The predicted octanol–water partition coefficient (Wildman–Crippen LogP) is 5.23. The highest BCUT2D eigenvalue weighted by atomic mass is 32.2. The van der Waals surface area contributed by atoms with Gasteiger partial charge in [-0.05, 0) is 48.9 Å². The third kappa shape index (κ3) is 6.32. The number of nitrogens with one attached hydrogen (secondary N) is 1. The summed E-state index contributed by atoms with van der Waals surface area (Å²) < 4.78 is 7.76. The van der Waals surface area contributed by atoms with Crippen molar-refractivity contribution < 1.29 is 9.53 Å². The standard InChI is InChI=1S/C26H25N5O2S/c1-19(2)16-31-25(21-12-14-27-15-13-21)29-30-26(31)34-18-24(32)28-22-8-10-23(11-9-22)33-17-20-6-4-3-5-7-20/h3-15H,1,16-18H2,2H3,(H,28,32). The van der Waals surface area contributed by atoms with E-state index in [4.69, 9.17) is 4.74 Å².